The van der Waals surface area contributed by atoms with Gasteiger partial charge in [-0.15, -0.1) is 0 Å². The van der Waals surface area contributed by atoms with E-state index in [9.17, 15) is 4.79 Å². The Labute approximate surface area is 131 Å². The van der Waals surface area contributed by atoms with E-state index in [2.05, 4.69) is 30.5 Å². The molecule has 22 heavy (non-hydrogen) atoms. The molecule has 116 valence electrons. The average Bonchev–Trinajstić information content (AvgIpc) is 2.53. The summed E-state index contributed by atoms with van der Waals surface area (Å²) in [6.45, 7) is 5.18. The highest BCUT2D eigenvalue weighted by atomic mass is 16.5. The molecule has 0 saturated heterocycles. The van der Waals surface area contributed by atoms with Crippen LogP contribution in [0.15, 0.2) is 54.6 Å². The lowest BCUT2D eigenvalue weighted by atomic mass is 10.0. The Hall–Kier alpha value is -2.49. The van der Waals surface area contributed by atoms with Gasteiger partial charge in [0.25, 0.3) is 0 Å². The van der Waals surface area contributed by atoms with E-state index in [1.807, 2.05) is 48.5 Å². The number of carbonyl (C=O) groups is 1. The normalized spacial score (nSPS) is 10.3. The van der Waals surface area contributed by atoms with Crippen molar-refractivity contribution in [1.29, 1.82) is 0 Å². The van der Waals surface area contributed by atoms with Gasteiger partial charge in [0.1, 0.15) is 12.4 Å². The average molecular weight is 298 g/mol. The number of ether oxygens (including phenoxy) is 1. The maximum Gasteiger partial charge on any atom is 0.319 e. The first-order valence-electron chi connectivity index (χ1n) is 7.48. The number of carbonyl (C=O) groups excluding carboxylic acids is 1. The van der Waals surface area contributed by atoms with Crippen LogP contribution >= 0.6 is 0 Å². The summed E-state index contributed by atoms with van der Waals surface area (Å²) in [6.07, 6.45) is 0. The van der Waals surface area contributed by atoms with Gasteiger partial charge < -0.3 is 15.4 Å². The maximum absolute atomic E-state index is 11.7. The minimum absolute atomic E-state index is 0.231. The molecule has 2 aromatic rings. The minimum atomic E-state index is -0.231. The van der Waals surface area contributed by atoms with Gasteiger partial charge in [-0.05, 0) is 35.7 Å². The lowest BCUT2D eigenvalue weighted by molar-refractivity contribution is 0.247. The molecule has 4 heteroatoms. The van der Waals surface area contributed by atoms with Crippen LogP contribution in [0.3, 0.4) is 0 Å². The van der Waals surface area contributed by atoms with Gasteiger partial charge in [-0.3, -0.25) is 0 Å². The number of nitrogens with one attached hydrogen (secondary N) is 2. The molecule has 4 nitrogen and oxygen atoms in total. The highest BCUT2D eigenvalue weighted by Gasteiger charge is 2.02. The van der Waals surface area contributed by atoms with Gasteiger partial charge in [-0.25, -0.2) is 4.79 Å². The summed E-state index contributed by atoms with van der Waals surface area (Å²) in [5.41, 5.74) is 2.01. The predicted molar refractivity (Wildman–Crippen MR) is 89.5 cm³/mol. The maximum atomic E-state index is 11.7. The number of anilines is 1. The molecular formula is C18H22N2O2. The molecule has 0 radical (unpaired) electrons. The fraction of sp³-hybridized carbons (Fsp3) is 0.278. The van der Waals surface area contributed by atoms with Crippen LogP contribution in [0.2, 0.25) is 0 Å². The summed E-state index contributed by atoms with van der Waals surface area (Å²) >= 11 is 0. The van der Waals surface area contributed by atoms with Crippen molar-refractivity contribution >= 4 is 11.7 Å². The van der Waals surface area contributed by atoms with E-state index >= 15 is 0 Å². The Morgan fingerprint density at radius 1 is 1.09 bits per heavy atom. The molecule has 2 rings (SSSR count). The van der Waals surface area contributed by atoms with Crippen molar-refractivity contribution in [3.63, 3.8) is 0 Å². The molecular weight excluding hydrogens is 276 g/mol. The molecule has 2 amide bonds. The Bertz CT molecular complexity index is 597. The topological polar surface area (TPSA) is 50.4 Å². The van der Waals surface area contributed by atoms with Crippen LogP contribution in [0.4, 0.5) is 10.5 Å². The second kappa shape index (κ2) is 8.08. The Morgan fingerprint density at radius 3 is 2.59 bits per heavy atom. The van der Waals surface area contributed by atoms with Gasteiger partial charge in [0.05, 0.1) is 6.54 Å². The molecule has 0 heterocycles. The van der Waals surface area contributed by atoms with Crippen molar-refractivity contribution in [2.24, 2.45) is 0 Å². The van der Waals surface area contributed by atoms with Crippen molar-refractivity contribution in [3.8, 4) is 5.75 Å². The fourth-order valence-corrected chi connectivity index (χ4v) is 1.99. The number of para-hydroxylation sites is 1. The lowest BCUT2D eigenvalue weighted by Gasteiger charge is -2.11. The molecule has 0 fully saturated rings. The van der Waals surface area contributed by atoms with E-state index in [1.165, 1.54) is 5.56 Å². The highest BCUT2D eigenvalue weighted by Crippen LogP contribution is 2.19. The van der Waals surface area contributed by atoms with E-state index in [1.54, 1.807) is 0 Å². The fourth-order valence-electron chi connectivity index (χ4n) is 1.99. The van der Waals surface area contributed by atoms with Gasteiger partial charge in [0.15, 0.2) is 0 Å². The number of amides is 2. The van der Waals surface area contributed by atoms with Crippen molar-refractivity contribution in [2.75, 3.05) is 18.5 Å². The zero-order valence-corrected chi connectivity index (χ0v) is 13.0. The van der Waals surface area contributed by atoms with Crippen LogP contribution in [0.5, 0.6) is 5.75 Å². The predicted octanol–water partition coefficient (Wildman–Crippen LogP) is 4.01. The summed E-state index contributed by atoms with van der Waals surface area (Å²) in [6, 6.07) is 17.1. The highest BCUT2D eigenvalue weighted by molar-refractivity contribution is 5.89. The summed E-state index contributed by atoms with van der Waals surface area (Å²) in [7, 11) is 0. The van der Waals surface area contributed by atoms with Gasteiger partial charge in [0.2, 0.25) is 0 Å². The molecule has 0 aromatic heterocycles. The molecule has 2 N–H and O–H groups in total. The monoisotopic (exact) mass is 298 g/mol. The smallest absolute Gasteiger partial charge is 0.319 e. The number of hydrogen-bond donors (Lipinski definition) is 2. The summed E-state index contributed by atoms with van der Waals surface area (Å²) < 4.78 is 5.65. The molecule has 2 aromatic carbocycles. The number of rotatable bonds is 6. The number of benzene rings is 2. The van der Waals surface area contributed by atoms with Crippen molar-refractivity contribution < 1.29 is 9.53 Å². The Kier molecular flexibility index (Phi) is 5.83. The SMILES string of the molecule is CC(C)c1cccc(OCCNC(=O)Nc2ccccc2)c1. The molecule has 0 atom stereocenters. The van der Waals surface area contributed by atoms with E-state index in [0.29, 0.717) is 19.1 Å². The largest absolute Gasteiger partial charge is 0.492 e. The Balaban J connectivity index is 1.71. The van der Waals surface area contributed by atoms with Crippen molar-refractivity contribution in [3.05, 3.63) is 60.2 Å². The van der Waals surface area contributed by atoms with Crippen molar-refractivity contribution in [1.82, 2.24) is 5.32 Å². The molecule has 0 aliphatic rings. The van der Waals surface area contributed by atoms with Crippen LogP contribution in [0.25, 0.3) is 0 Å². The summed E-state index contributed by atoms with van der Waals surface area (Å²) in [5.74, 6) is 1.30. The van der Waals surface area contributed by atoms with Gasteiger partial charge in [-0.1, -0.05) is 44.2 Å². The number of urea groups is 1. The molecule has 0 aliphatic heterocycles. The lowest BCUT2D eigenvalue weighted by Crippen LogP contribution is -2.32. The quantitative estimate of drug-likeness (QED) is 0.792. The molecule has 0 saturated carbocycles. The Morgan fingerprint density at radius 2 is 1.86 bits per heavy atom. The van der Waals surface area contributed by atoms with Gasteiger partial charge in [-0.2, -0.15) is 0 Å². The first-order valence-corrected chi connectivity index (χ1v) is 7.48. The first kappa shape index (κ1) is 15.9. The standard InChI is InChI=1S/C18H22N2O2/c1-14(2)15-7-6-10-17(13-15)22-12-11-19-18(21)20-16-8-4-3-5-9-16/h3-10,13-14H,11-12H2,1-2H3,(H2,19,20,21). The zero-order valence-electron chi connectivity index (χ0n) is 13.0. The molecule has 0 spiro atoms. The van der Waals surface area contributed by atoms with Crippen LogP contribution in [0, 0.1) is 0 Å². The number of hydrogen-bond acceptors (Lipinski definition) is 2. The van der Waals surface area contributed by atoms with Crippen LogP contribution in [-0.2, 0) is 0 Å². The molecule has 0 unspecified atom stereocenters. The van der Waals surface area contributed by atoms with E-state index in [-0.39, 0.29) is 6.03 Å². The molecule has 0 aliphatic carbocycles. The third-order valence-corrected chi connectivity index (χ3v) is 3.21. The zero-order chi connectivity index (χ0) is 15.8. The van der Waals surface area contributed by atoms with Crippen molar-refractivity contribution in [2.45, 2.75) is 19.8 Å². The first-order chi connectivity index (χ1) is 10.6. The van der Waals surface area contributed by atoms with Crippen LogP contribution < -0.4 is 15.4 Å². The second-order valence-electron chi connectivity index (χ2n) is 5.32. The van der Waals surface area contributed by atoms with E-state index in [4.69, 9.17) is 4.74 Å². The molecule has 0 bridgehead atoms. The van der Waals surface area contributed by atoms with E-state index in [0.717, 1.165) is 11.4 Å². The van der Waals surface area contributed by atoms with Crippen LogP contribution in [0.1, 0.15) is 25.3 Å². The van der Waals surface area contributed by atoms with Crippen LogP contribution in [-0.4, -0.2) is 19.2 Å². The van der Waals surface area contributed by atoms with E-state index < -0.39 is 0 Å². The third-order valence-electron chi connectivity index (χ3n) is 3.21. The summed E-state index contributed by atoms with van der Waals surface area (Å²) in [5, 5.41) is 5.52. The minimum Gasteiger partial charge on any atom is -0.492 e. The van der Waals surface area contributed by atoms with Gasteiger partial charge >= 0.3 is 6.03 Å². The third kappa shape index (κ3) is 5.13. The second-order valence-corrected chi connectivity index (χ2v) is 5.32. The summed E-state index contributed by atoms with van der Waals surface area (Å²) in [4.78, 5) is 11.7. The van der Waals surface area contributed by atoms with Gasteiger partial charge in [0, 0.05) is 5.69 Å².